The van der Waals surface area contributed by atoms with E-state index >= 15 is 0 Å². The highest BCUT2D eigenvalue weighted by atomic mass is 79.9. The fourth-order valence-electron chi connectivity index (χ4n) is 1.42. The highest BCUT2D eigenvalue weighted by molar-refractivity contribution is 9.10. The molecule has 0 radical (unpaired) electrons. The van der Waals surface area contributed by atoms with Crippen molar-refractivity contribution in [1.82, 2.24) is 0 Å². The van der Waals surface area contributed by atoms with Crippen LogP contribution in [0.4, 0.5) is 13.2 Å². The highest BCUT2D eigenvalue weighted by Gasteiger charge is 2.13. The number of hydrogen-bond acceptors (Lipinski definition) is 1. The Balaban J connectivity index is 2.19. The zero-order valence-corrected chi connectivity index (χ0v) is 12.6. The van der Waals surface area contributed by atoms with E-state index in [0.29, 0.717) is 5.75 Å². The molecular weight excluding hydrogens is 389 g/mol. The fraction of sp³-hybridized carbons (Fsp3) is 0.0769. The van der Waals surface area contributed by atoms with Gasteiger partial charge in [-0.1, -0.05) is 0 Å². The van der Waals surface area contributed by atoms with Crippen molar-refractivity contribution in [2.75, 3.05) is 0 Å². The summed E-state index contributed by atoms with van der Waals surface area (Å²) in [4.78, 5) is 0. The van der Waals surface area contributed by atoms with E-state index < -0.39 is 17.5 Å². The molecule has 0 spiro atoms. The summed E-state index contributed by atoms with van der Waals surface area (Å²) >= 11 is 5.98. The topological polar surface area (TPSA) is 9.23 Å². The SMILES string of the molecule is Fc1ccc(OCc2c(F)ccc(Br)c2F)cc1Br. The molecule has 1 nitrogen and oxygen atoms in total. The van der Waals surface area contributed by atoms with Gasteiger partial charge in [0.1, 0.15) is 29.8 Å². The Morgan fingerprint density at radius 3 is 2.26 bits per heavy atom. The molecule has 0 bridgehead atoms. The zero-order valence-electron chi connectivity index (χ0n) is 9.39. The third kappa shape index (κ3) is 3.30. The van der Waals surface area contributed by atoms with Gasteiger partial charge in [0.15, 0.2) is 0 Å². The molecule has 0 saturated carbocycles. The number of hydrogen-bond donors (Lipinski definition) is 0. The molecule has 0 aliphatic carbocycles. The molecule has 100 valence electrons. The van der Waals surface area contributed by atoms with Gasteiger partial charge in [-0.2, -0.15) is 0 Å². The van der Waals surface area contributed by atoms with Crippen LogP contribution in [0.15, 0.2) is 39.3 Å². The second kappa shape index (κ2) is 5.96. The molecule has 0 heterocycles. The molecular formula is C13H7Br2F3O. The maximum Gasteiger partial charge on any atom is 0.146 e. The molecule has 0 saturated heterocycles. The minimum Gasteiger partial charge on any atom is -0.489 e. The fourth-order valence-corrected chi connectivity index (χ4v) is 2.15. The summed E-state index contributed by atoms with van der Waals surface area (Å²) < 4.78 is 45.8. The van der Waals surface area contributed by atoms with Crippen LogP contribution in [0, 0.1) is 17.5 Å². The maximum atomic E-state index is 13.7. The lowest BCUT2D eigenvalue weighted by molar-refractivity contribution is 0.291. The first-order valence-corrected chi connectivity index (χ1v) is 6.78. The van der Waals surface area contributed by atoms with Gasteiger partial charge in [0.05, 0.1) is 14.5 Å². The van der Waals surface area contributed by atoms with Crippen molar-refractivity contribution in [2.45, 2.75) is 6.61 Å². The normalized spacial score (nSPS) is 10.6. The van der Waals surface area contributed by atoms with Crippen LogP contribution >= 0.6 is 31.9 Å². The Hall–Kier alpha value is -1.01. The van der Waals surface area contributed by atoms with Crippen molar-refractivity contribution in [2.24, 2.45) is 0 Å². The van der Waals surface area contributed by atoms with Crippen LogP contribution in [0.25, 0.3) is 0 Å². The predicted molar refractivity (Wildman–Crippen MR) is 72.5 cm³/mol. The van der Waals surface area contributed by atoms with Gasteiger partial charge in [-0.3, -0.25) is 0 Å². The van der Waals surface area contributed by atoms with E-state index in [4.69, 9.17) is 4.74 Å². The second-order valence-electron chi connectivity index (χ2n) is 3.69. The van der Waals surface area contributed by atoms with Crippen LogP contribution in [0.3, 0.4) is 0 Å². The lowest BCUT2D eigenvalue weighted by Crippen LogP contribution is -2.02. The van der Waals surface area contributed by atoms with Gasteiger partial charge in [-0.25, -0.2) is 13.2 Å². The van der Waals surface area contributed by atoms with E-state index in [0.717, 1.165) is 6.07 Å². The number of halogens is 5. The Kier molecular flexibility index (Phi) is 4.52. The van der Waals surface area contributed by atoms with E-state index in [2.05, 4.69) is 31.9 Å². The molecule has 2 aromatic rings. The van der Waals surface area contributed by atoms with E-state index in [-0.39, 0.29) is 21.1 Å². The van der Waals surface area contributed by atoms with Crippen molar-refractivity contribution in [3.05, 3.63) is 62.3 Å². The average Bonchev–Trinajstić information content (AvgIpc) is 2.38. The van der Waals surface area contributed by atoms with Crippen LogP contribution < -0.4 is 4.74 Å². The van der Waals surface area contributed by atoms with Crippen molar-refractivity contribution >= 4 is 31.9 Å². The first-order chi connectivity index (χ1) is 8.99. The van der Waals surface area contributed by atoms with E-state index in [1.807, 2.05) is 0 Å². The summed E-state index contributed by atoms with van der Waals surface area (Å²) in [6.07, 6.45) is 0. The summed E-state index contributed by atoms with van der Waals surface area (Å²) in [6.45, 7) is -0.283. The molecule has 0 aromatic heterocycles. The first kappa shape index (κ1) is 14.4. The standard InChI is InChI=1S/C13H7Br2F3O/c14-9-2-4-11(16)8(13(9)18)6-19-7-1-3-12(17)10(15)5-7/h1-5H,6H2. The van der Waals surface area contributed by atoms with Crippen LogP contribution in [0.2, 0.25) is 0 Å². The highest BCUT2D eigenvalue weighted by Crippen LogP contribution is 2.25. The monoisotopic (exact) mass is 394 g/mol. The molecule has 2 aromatic carbocycles. The maximum absolute atomic E-state index is 13.7. The van der Waals surface area contributed by atoms with Crippen LogP contribution in [0.5, 0.6) is 5.75 Å². The molecule has 2 rings (SSSR count). The number of benzene rings is 2. The summed E-state index contributed by atoms with van der Waals surface area (Å²) in [7, 11) is 0. The quantitative estimate of drug-likeness (QED) is 0.648. The summed E-state index contributed by atoms with van der Waals surface area (Å²) in [5.41, 5.74) is -0.185. The molecule has 0 N–H and O–H groups in total. The third-order valence-electron chi connectivity index (χ3n) is 2.41. The van der Waals surface area contributed by atoms with Gasteiger partial charge >= 0.3 is 0 Å². The predicted octanol–water partition coefficient (Wildman–Crippen LogP) is 5.21. The van der Waals surface area contributed by atoms with E-state index in [9.17, 15) is 13.2 Å². The van der Waals surface area contributed by atoms with Crippen LogP contribution in [-0.4, -0.2) is 0 Å². The Morgan fingerprint density at radius 2 is 1.58 bits per heavy atom. The molecule has 19 heavy (non-hydrogen) atoms. The van der Waals surface area contributed by atoms with Crippen molar-refractivity contribution in [3.63, 3.8) is 0 Å². The molecule has 0 atom stereocenters. The number of rotatable bonds is 3. The molecule has 6 heteroatoms. The second-order valence-corrected chi connectivity index (χ2v) is 5.40. The third-order valence-corrected chi connectivity index (χ3v) is 3.63. The smallest absolute Gasteiger partial charge is 0.146 e. The Bertz CT molecular complexity index is 617. The Labute approximate surface area is 124 Å². The molecule has 0 unspecified atom stereocenters. The summed E-state index contributed by atoms with van der Waals surface area (Å²) in [6, 6.07) is 6.40. The van der Waals surface area contributed by atoms with Gasteiger partial charge in [-0.05, 0) is 62.2 Å². The van der Waals surface area contributed by atoms with E-state index in [1.54, 1.807) is 0 Å². The largest absolute Gasteiger partial charge is 0.489 e. The summed E-state index contributed by atoms with van der Waals surface area (Å²) in [5.74, 6) is -1.53. The molecule has 0 aliphatic heterocycles. The van der Waals surface area contributed by atoms with Gasteiger partial charge in [0, 0.05) is 0 Å². The van der Waals surface area contributed by atoms with Crippen molar-refractivity contribution in [3.8, 4) is 5.75 Å². The lowest BCUT2D eigenvalue weighted by Gasteiger charge is -2.09. The van der Waals surface area contributed by atoms with Crippen LogP contribution in [-0.2, 0) is 6.61 Å². The van der Waals surface area contributed by atoms with Gasteiger partial charge < -0.3 is 4.74 Å². The van der Waals surface area contributed by atoms with Crippen LogP contribution in [0.1, 0.15) is 5.56 Å². The van der Waals surface area contributed by atoms with Gasteiger partial charge in [0.25, 0.3) is 0 Å². The zero-order chi connectivity index (χ0) is 14.0. The minimum atomic E-state index is -0.707. The lowest BCUT2D eigenvalue weighted by atomic mass is 10.2. The minimum absolute atomic E-state index is 0.160. The molecule has 0 amide bonds. The Morgan fingerprint density at radius 1 is 0.895 bits per heavy atom. The van der Waals surface area contributed by atoms with Gasteiger partial charge in [-0.15, -0.1) is 0 Å². The van der Waals surface area contributed by atoms with Gasteiger partial charge in [0.2, 0.25) is 0 Å². The first-order valence-electron chi connectivity index (χ1n) is 5.19. The number of ether oxygens (including phenoxy) is 1. The average molecular weight is 396 g/mol. The molecule has 0 aliphatic rings. The summed E-state index contributed by atoms with van der Waals surface area (Å²) in [5, 5.41) is 0. The van der Waals surface area contributed by atoms with Crippen molar-refractivity contribution < 1.29 is 17.9 Å². The molecule has 0 fully saturated rings. The van der Waals surface area contributed by atoms with E-state index in [1.165, 1.54) is 24.3 Å². The van der Waals surface area contributed by atoms with Crippen molar-refractivity contribution in [1.29, 1.82) is 0 Å².